The second kappa shape index (κ2) is 66.8. The minimum atomic E-state index is -0.799. The van der Waals surface area contributed by atoms with Crippen LogP contribution in [0.5, 0.6) is 0 Å². The number of unbranched alkanes of at least 4 members (excludes halogenated alkanes) is 23. The molecule has 0 aliphatic heterocycles. The fourth-order valence-corrected chi connectivity index (χ4v) is 8.53. The van der Waals surface area contributed by atoms with Crippen molar-refractivity contribution in [2.45, 2.75) is 277 Å². The third kappa shape index (κ3) is 64.0. The van der Waals surface area contributed by atoms with Gasteiger partial charge in [0.15, 0.2) is 6.10 Å². The normalized spacial score (nSPS) is 13.3. The van der Waals surface area contributed by atoms with Crippen LogP contribution in [-0.4, -0.2) is 36.4 Å². The van der Waals surface area contributed by atoms with Crippen LogP contribution < -0.4 is 0 Å². The Bertz CT molecular complexity index is 1690. The van der Waals surface area contributed by atoms with Crippen molar-refractivity contribution in [3.8, 4) is 0 Å². The monoisotopic (exact) mass is 1070 g/mol. The van der Waals surface area contributed by atoms with Crippen molar-refractivity contribution in [1.82, 2.24) is 0 Å². The molecule has 0 fully saturated rings. The third-order valence-corrected chi connectivity index (χ3v) is 13.3. The molecule has 0 aromatic rings. The SMILES string of the molecule is CC/C=C\C/C=C\C/C=C\C/C=C\C/C=C\C/C=C\C/C=C\C/C=C\C/C=C\C/C=C\CCCCCCC(=O)OC(CO)COC(=O)CCCCCCCCCCCCCCCC/C=C\C/C=C\C/C=C\CCCCCCC. The molecule has 1 unspecified atom stereocenters. The molecular weight excluding hydrogens is 957 g/mol. The molecule has 0 bridgehead atoms. The summed E-state index contributed by atoms with van der Waals surface area (Å²) in [6, 6.07) is 0. The Morgan fingerprint density at radius 3 is 0.833 bits per heavy atom. The zero-order valence-electron chi connectivity index (χ0n) is 50.4. The Kier molecular flexibility index (Phi) is 63.0. The van der Waals surface area contributed by atoms with Crippen LogP contribution in [0.3, 0.4) is 0 Å². The van der Waals surface area contributed by atoms with Gasteiger partial charge in [0.25, 0.3) is 0 Å². The summed E-state index contributed by atoms with van der Waals surface area (Å²) in [6.07, 6.45) is 102. The summed E-state index contributed by atoms with van der Waals surface area (Å²) in [4.78, 5) is 24.6. The predicted molar refractivity (Wildman–Crippen MR) is 343 cm³/mol. The lowest BCUT2D eigenvalue weighted by Gasteiger charge is -2.15. The summed E-state index contributed by atoms with van der Waals surface area (Å²) < 4.78 is 10.7. The Balaban J connectivity index is 3.61. The molecule has 0 amide bonds. The molecule has 0 aliphatic carbocycles. The molecule has 0 spiro atoms. The molecule has 0 aromatic heterocycles. The number of aliphatic hydroxyl groups is 1. The number of carbonyl (C=O) groups excluding carboxylic acids is 2. The van der Waals surface area contributed by atoms with Crippen molar-refractivity contribution in [2.24, 2.45) is 0 Å². The zero-order valence-corrected chi connectivity index (χ0v) is 50.4. The van der Waals surface area contributed by atoms with Crippen LogP contribution in [0.2, 0.25) is 0 Å². The van der Waals surface area contributed by atoms with E-state index in [0.29, 0.717) is 12.8 Å². The molecule has 0 saturated heterocycles. The summed E-state index contributed by atoms with van der Waals surface area (Å²) in [7, 11) is 0. The Hall–Kier alpha value is -4.48. The molecule has 5 heteroatoms. The second-order valence-corrected chi connectivity index (χ2v) is 20.8. The van der Waals surface area contributed by atoms with Gasteiger partial charge in [0.2, 0.25) is 0 Å². The van der Waals surface area contributed by atoms with Gasteiger partial charge in [-0.2, -0.15) is 0 Å². The molecule has 0 aliphatic rings. The van der Waals surface area contributed by atoms with Crippen LogP contribution >= 0.6 is 0 Å². The van der Waals surface area contributed by atoms with Crippen LogP contribution in [0.15, 0.2) is 158 Å². The van der Waals surface area contributed by atoms with E-state index in [1.165, 1.54) is 116 Å². The van der Waals surface area contributed by atoms with Gasteiger partial charge in [-0.3, -0.25) is 9.59 Å². The average molecular weight is 1080 g/mol. The second-order valence-electron chi connectivity index (χ2n) is 20.8. The summed E-state index contributed by atoms with van der Waals surface area (Å²) in [5.74, 6) is -0.626. The molecule has 78 heavy (non-hydrogen) atoms. The van der Waals surface area contributed by atoms with Crippen molar-refractivity contribution in [2.75, 3.05) is 13.2 Å². The summed E-state index contributed by atoms with van der Waals surface area (Å²) in [5, 5.41) is 9.68. The minimum absolute atomic E-state index is 0.0857. The van der Waals surface area contributed by atoms with Crippen LogP contribution in [0, 0.1) is 0 Å². The molecule has 1 N–H and O–H groups in total. The summed E-state index contributed by atoms with van der Waals surface area (Å²) in [6.45, 7) is 4.00. The van der Waals surface area contributed by atoms with E-state index in [9.17, 15) is 14.7 Å². The fraction of sp³-hybridized carbons (Fsp3) is 0.616. The molecule has 5 nitrogen and oxygen atoms in total. The Labute approximate surface area is 481 Å². The van der Waals surface area contributed by atoms with Gasteiger partial charge < -0.3 is 14.6 Å². The predicted octanol–water partition coefficient (Wildman–Crippen LogP) is 22.3. The molecule has 0 radical (unpaired) electrons. The van der Waals surface area contributed by atoms with Gasteiger partial charge in [-0.25, -0.2) is 0 Å². The lowest BCUT2D eigenvalue weighted by atomic mass is 10.0. The van der Waals surface area contributed by atoms with E-state index in [1.807, 2.05) is 0 Å². The standard InChI is InChI=1S/C73H118O5/c1-3-5-7-9-11-13-15-17-19-21-23-25-27-29-31-33-34-35-36-37-38-40-42-44-46-48-50-52-54-56-58-60-62-64-66-68-73(76)78-71(69-74)70-77-72(75)67-65-63-61-59-57-55-53-51-49-47-45-43-41-39-32-30-28-26-24-22-20-18-16-14-12-10-8-6-4-2/h5,7,11,13,16-19,22-25,28-31,34-35,37-38,42,44,48,50,54,56,71,74H,3-4,6,8-10,12,14-15,20-21,26-27,32-33,36,39-41,43,45-47,49,51-53,55,57-70H2,1-2H3/b7-5-,13-11-,18-16-,19-17-,24-22-,25-23-,30-28-,31-29-,35-34-,38-37-,44-42-,50-48-,56-54-. The highest BCUT2D eigenvalue weighted by Gasteiger charge is 2.16. The maximum atomic E-state index is 12.3. The maximum Gasteiger partial charge on any atom is 0.306 e. The van der Waals surface area contributed by atoms with Crippen molar-refractivity contribution in [1.29, 1.82) is 0 Å². The maximum absolute atomic E-state index is 12.3. The number of ether oxygens (including phenoxy) is 2. The molecule has 0 aromatic carbocycles. The van der Waals surface area contributed by atoms with E-state index >= 15 is 0 Å². The minimum Gasteiger partial charge on any atom is -0.462 e. The smallest absolute Gasteiger partial charge is 0.306 e. The van der Waals surface area contributed by atoms with Gasteiger partial charge in [0.05, 0.1) is 6.61 Å². The molecule has 1 atom stereocenters. The van der Waals surface area contributed by atoms with E-state index < -0.39 is 6.10 Å². The quantitative estimate of drug-likeness (QED) is 0.0373. The van der Waals surface area contributed by atoms with Crippen LogP contribution in [0.4, 0.5) is 0 Å². The van der Waals surface area contributed by atoms with Gasteiger partial charge >= 0.3 is 11.9 Å². The van der Waals surface area contributed by atoms with Crippen LogP contribution in [0.1, 0.15) is 271 Å². The van der Waals surface area contributed by atoms with E-state index in [-0.39, 0.29) is 25.2 Å². The number of carbonyl (C=O) groups is 2. The first-order valence-corrected chi connectivity index (χ1v) is 32.0. The Morgan fingerprint density at radius 1 is 0.308 bits per heavy atom. The van der Waals surface area contributed by atoms with E-state index in [2.05, 4.69) is 172 Å². The van der Waals surface area contributed by atoms with E-state index in [4.69, 9.17) is 9.47 Å². The van der Waals surface area contributed by atoms with Gasteiger partial charge in [0.1, 0.15) is 6.61 Å². The number of allylic oxidation sites excluding steroid dienone is 26. The third-order valence-electron chi connectivity index (χ3n) is 13.3. The van der Waals surface area contributed by atoms with Crippen molar-refractivity contribution < 1.29 is 24.2 Å². The van der Waals surface area contributed by atoms with Gasteiger partial charge in [0, 0.05) is 12.8 Å². The van der Waals surface area contributed by atoms with Crippen LogP contribution in [-0.2, 0) is 19.1 Å². The number of hydrogen-bond donors (Lipinski definition) is 1. The lowest BCUT2D eigenvalue weighted by Crippen LogP contribution is -2.28. The zero-order chi connectivity index (χ0) is 56.2. The average Bonchev–Trinajstić information content (AvgIpc) is 3.44. The van der Waals surface area contributed by atoms with Gasteiger partial charge in [-0.1, -0.05) is 287 Å². The summed E-state index contributed by atoms with van der Waals surface area (Å²) >= 11 is 0. The van der Waals surface area contributed by atoms with E-state index in [0.717, 1.165) is 128 Å². The molecular formula is C73H118O5. The van der Waals surface area contributed by atoms with Crippen molar-refractivity contribution in [3.05, 3.63) is 158 Å². The van der Waals surface area contributed by atoms with E-state index in [1.54, 1.807) is 0 Å². The molecule has 440 valence electrons. The number of rotatable bonds is 57. The highest BCUT2D eigenvalue weighted by Crippen LogP contribution is 2.15. The fourth-order valence-electron chi connectivity index (χ4n) is 8.53. The first kappa shape index (κ1) is 73.5. The molecule has 0 saturated carbocycles. The number of esters is 2. The topological polar surface area (TPSA) is 72.8 Å². The first-order chi connectivity index (χ1) is 38.6. The number of aliphatic hydroxyl groups excluding tert-OH is 1. The summed E-state index contributed by atoms with van der Waals surface area (Å²) in [5.41, 5.74) is 0. The van der Waals surface area contributed by atoms with Gasteiger partial charge in [-0.15, -0.1) is 0 Å². The Morgan fingerprint density at radius 2 is 0.551 bits per heavy atom. The van der Waals surface area contributed by atoms with Crippen LogP contribution in [0.25, 0.3) is 0 Å². The largest absolute Gasteiger partial charge is 0.462 e. The van der Waals surface area contributed by atoms with Crippen molar-refractivity contribution in [3.63, 3.8) is 0 Å². The molecule has 0 heterocycles. The molecule has 0 rings (SSSR count). The van der Waals surface area contributed by atoms with Crippen molar-refractivity contribution >= 4 is 11.9 Å². The highest BCUT2D eigenvalue weighted by atomic mass is 16.6. The highest BCUT2D eigenvalue weighted by molar-refractivity contribution is 5.70. The first-order valence-electron chi connectivity index (χ1n) is 32.0. The number of hydrogen-bond acceptors (Lipinski definition) is 5. The lowest BCUT2D eigenvalue weighted by molar-refractivity contribution is -0.161. The van der Waals surface area contributed by atoms with Gasteiger partial charge in [-0.05, 0) is 128 Å².